The van der Waals surface area contributed by atoms with E-state index in [4.69, 9.17) is 9.47 Å². The van der Waals surface area contributed by atoms with Gasteiger partial charge in [-0.25, -0.2) is 0 Å². The van der Waals surface area contributed by atoms with E-state index in [0.29, 0.717) is 11.7 Å². The number of nitrogens with one attached hydrogen (secondary N) is 1. The van der Waals surface area contributed by atoms with Gasteiger partial charge in [0, 0.05) is 12.0 Å². The molecule has 26 heavy (non-hydrogen) atoms. The molecule has 2 aliphatic rings. The molecule has 1 unspecified atom stereocenters. The number of nitro groups is 1. The monoisotopic (exact) mass is 352 g/mol. The molecular weight excluding hydrogens is 332 g/mol. The van der Waals surface area contributed by atoms with E-state index in [-0.39, 0.29) is 22.6 Å². The van der Waals surface area contributed by atoms with Gasteiger partial charge >= 0.3 is 0 Å². The lowest BCUT2D eigenvalue weighted by Crippen LogP contribution is -2.29. The number of non-ortho nitro benzene ring substituents is 1. The van der Waals surface area contributed by atoms with Gasteiger partial charge in [0.15, 0.2) is 0 Å². The summed E-state index contributed by atoms with van der Waals surface area (Å²) in [5, 5.41) is 14.9. The molecule has 0 spiro atoms. The van der Waals surface area contributed by atoms with E-state index in [1.807, 2.05) is 18.2 Å². The van der Waals surface area contributed by atoms with Crippen molar-refractivity contribution in [3.63, 3.8) is 0 Å². The van der Waals surface area contributed by atoms with E-state index >= 15 is 0 Å². The first kappa shape index (κ1) is 16.4. The highest BCUT2D eigenvalue weighted by molar-refractivity contribution is 5.71. The van der Waals surface area contributed by atoms with Gasteiger partial charge < -0.3 is 14.8 Å². The summed E-state index contributed by atoms with van der Waals surface area (Å²) in [5.41, 5.74) is 2.95. The average molecular weight is 352 g/mol. The molecular formula is C20H20N2O4. The second kappa shape index (κ2) is 6.37. The molecule has 1 N–H and O–H groups in total. The third kappa shape index (κ3) is 2.58. The van der Waals surface area contributed by atoms with Crippen LogP contribution in [0.1, 0.15) is 29.5 Å². The lowest BCUT2D eigenvalue weighted by atomic mass is 9.76. The molecule has 134 valence electrons. The van der Waals surface area contributed by atoms with Gasteiger partial charge in [-0.3, -0.25) is 10.1 Å². The Hall–Kier alpha value is -3.02. The molecule has 0 saturated heterocycles. The number of nitrogens with zero attached hydrogens (tertiary/aromatic N) is 1. The van der Waals surface area contributed by atoms with Crippen molar-refractivity contribution >= 4 is 11.4 Å². The predicted octanol–water partition coefficient (Wildman–Crippen LogP) is 4.44. The number of benzene rings is 2. The van der Waals surface area contributed by atoms with Crippen molar-refractivity contribution in [2.24, 2.45) is 5.92 Å². The second-order valence-electron chi connectivity index (χ2n) is 6.62. The first-order valence-corrected chi connectivity index (χ1v) is 8.56. The molecule has 4 rings (SSSR count). The minimum Gasteiger partial charge on any atom is -0.497 e. The molecule has 0 aromatic heterocycles. The maximum atomic E-state index is 11.3. The minimum atomic E-state index is -0.370. The topological polar surface area (TPSA) is 73.6 Å². The van der Waals surface area contributed by atoms with E-state index in [1.165, 1.54) is 13.2 Å². The predicted molar refractivity (Wildman–Crippen MR) is 99.0 cm³/mol. The Bertz CT molecular complexity index is 893. The van der Waals surface area contributed by atoms with Crippen molar-refractivity contribution in [3.8, 4) is 11.5 Å². The van der Waals surface area contributed by atoms with Crippen molar-refractivity contribution in [1.29, 1.82) is 0 Å². The van der Waals surface area contributed by atoms with Crippen molar-refractivity contribution < 1.29 is 14.4 Å². The molecule has 1 aliphatic heterocycles. The smallest absolute Gasteiger partial charge is 0.273 e. The number of methoxy groups -OCH3 is 2. The van der Waals surface area contributed by atoms with Crippen LogP contribution in [0.25, 0.3) is 0 Å². The molecule has 1 aliphatic carbocycles. The summed E-state index contributed by atoms with van der Waals surface area (Å²) in [6.07, 6.45) is 5.23. The Morgan fingerprint density at radius 1 is 1.19 bits per heavy atom. The van der Waals surface area contributed by atoms with Gasteiger partial charge in [0.05, 0.1) is 36.9 Å². The van der Waals surface area contributed by atoms with Crippen LogP contribution in [-0.2, 0) is 0 Å². The van der Waals surface area contributed by atoms with Crippen LogP contribution in [0, 0.1) is 16.0 Å². The summed E-state index contributed by atoms with van der Waals surface area (Å²) in [6, 6.07) is 11.2. The van der Waals surface area contributed by atoms with Gasteiger partial charge in [0.1, 0.15) is 11.5 Å². The van der Waals surface area contributed by atoms with Gasteiger partial charge in [-0.05, 0) is 35.6 Å². The molecule has 0 saturated carbocycles. The zero-order valence-electron chi connectivity index (χ0n) is 14.6. The zero-order chi connectivity index (χ0) is 18.3. The Morgan fingerprint density at radius 3 is 2.77 bits per heavy atom. The van der Waals surface area contributed by atoms with Crippen LogP contribution in [0.15, 0.2) is 48.6 Å². The molecule has 0 amide bonds. The van der Waals surface area contributed by atoms with Gasteiger partial charge in [-0.2, -0.15) is 0 Å². The minimum absolute atomic E-state index is 0.0567. The Labute approximate surface area is 151 Å². The number of nitro benzene ring substituents is 1. The third-order valence-corrected chi connectivity index (χ3v) is 5.30. The highest BCUT2D eigenvalue weighted by Crippen LogP contribution is 2.53. The number of hydrogen-bond acceptors (Lipinski definition) is 5. The molecule has 0 bridgehead atoms. The standard InChI is InChI=1S/C20H20N2O4/c1-25-14-6-3-5-12(9-14)19-16-8-4-7-15(16)17-10-13(22(23)24)11-18(26-2)20(17)21-19/h3-7,9-11,15-16,19,21H,8H2,1-2H3/t15-,16+,19?/m1/s1. The van der Waals surface area contributed by atoms with Crippen LogP contribution in [0.4, 0.5) is 11.4 Å². The van der Waals surface area contributed by atoms with Crippen LogP contribution in [0.3, 0.4) is 0 Å². The number of anilines is 1. The molecule has 1 heterocycles. The largest absolute Gasteiger partial charge is 0.497 e. The highest BCUT2D eigenvalue weighted by Gasteiger charge is 2.40. The fourth-order valence-electron chi connectivity index (χ4n) is 4.08. The molecule has 6 heteroatoms. The molecule has 2 aromatic carbocycles. The second-order valence-corrected chi connectivity index (χ2v) is 6.62. The van der Waals surface area contributed by atoms with E-state index in [1.54, 1.807) is 13.2 Å². The van der Waals surface area contributed by atoms with Gasteiger partial charge in [-0.1, -0.05) is 24.3 Å². The summed E-state index contributed by atoms with van der Waals surface area (Å²) in [6.45, 7) is 0. The van der Waals surface area contributed by atoms with Crippen LogP contribution < -0.4 is 14.8 Å². The zero-order valence-corrected chi connectivity index (χ0v) is 14.6. The van der Waals surface area contributed by atoms with Gasteiger partial charge in [0.2, 0.25) is 0 Å². The summed E-state index contributed by atoms with van der Waals surface area (Å²) < 4.78 is 10.8. The number of rotatable bonds is 4. The van der Waals surface area contributed by atoms with Crippen LogP contribution >= 0.6 is 0 Å². The van der Waals surface area contributed by atoms with Crippen LogP contribution in [-0.4, -0.2) is 19.1 Å². The summed E-state index contributed by atoms with van der Waals surface area (Å²) in [7, 11) is 3.20. The summed E-state index contributed by atoms with van der Waals surface area (Å²) in [5.74, 6) is 1.73. The van der Waals surface area contributed by atoms with Crippen molar-refractivity contribution in [3.05, 3.63) is 69.8 Å². The van der Waals surface area contributed by atoms with Gasteiger partial charge in [-0.15, -0.1) is 0 Å². The van der Waals surface area contributed by atoms with E-state index in [0.717, 1.165) is 29.0 Å². The SMILES string of the molecule is COc1cccc(C2Nc3c(OC)cc([N+](=O)[O-])cc3[C@@H]3C=CC[C@H]23)c1. The molecule has 0 radical (unpaired) electrons. The van der Waals surface area contributed by atoms with Crippen LogP contribution in [0.2, 0.25) is 0 Å². The number of hydrogen-bond donors (Lipinski definition) is 1. The lowest BCUT2D eigenvalue weighted by Gasteiger charge is -2.38. The Balaban J connectivity index is 1.83. The summed E-state index contributed by atoms with van der Waals surface area (Å²) in [4.78, 5) is 10.9. The van der Waals surface area contributed by atoms with E-state index in [9.17, 15) is 10.1 Å². The Morgan fingerprint density at radius 2 is 2.04 bits per heavy atom. The molecule has 2 aromatic rings. The fourth-order valence-corrected chi connectivity index (χ4v) is 4.08. The highest BCUT2D eigenvalue weighted by atomic mass is 16.6. The number of allylic oxidation sites excluding steroid dienone is 2. The Kier molecular flexibility index (Phi) is 4.03. The van der Waals surface area contributed by atoms with Gasteiger partial charge in [0.25, 0.3) is 5.69 Å². The number of fused-ring (bicyclic) bond motifs is 3. The van der Waals surface area contributed by atoms with Crippen molar-refractivity contribution in [1.82, 2.24) is 0 Å². The van der Waals surface area contributed by atoms with Crippen LogP contribution in [0.5, 0.6) is 11.5 Å². The van der Waals surface area contributed by atoms with E-state index < -0.39 is 0 Å². The molecule has 0 fully saturated rings. The first-order valence-electron chi connectivity index (χ1n) is 8.56. The fraction of sp³-hybridized carbons (Fsp3) is 0.300. The summed E-state index contributed by atoms with van der Waals surface area (Å²) >= 11 is 0. The molecule has 3 atom stereocenters. The lowest BCUT2D eigenvalue weighted by molar-refractivity contribution is -0.385. The third-order valence-electron chi connectivity index (χ3n) is 5.30. The molecule has 6 nitrogen and oxygen atoms in total. The maximum Gasteiger partial charge on any atom is 0.273 e. The normalized spacial score (nSPS) is 22.9. The average Bonchev–Trinajstić information content (AvgIpc) is 3.16. The maximum absolute atomic E-state index is 11.3. The first-order chi connectivity index (χ1) is 12.6. The van der Waals surface area contributed by atoms with Crippen molar-refractivity contribution in [2.45, 2.75) is 18.4 Å². The van der Waals surface area contributed by atoms with Crippen molar-refractivity contribution in [2.75, 3.05) is 19.5 Å². The quantitative estimate of drug-likeness (QED) is 0.500. The number of ether oxygens (including phenoxy) is 2. The van der Waals surface area contributed by atoms with E-state index in [2.05, 4.69) is 23.5 Å².